The molecule has 6 heteroatoms. The Morgan fingerprint density at radius 2 is 0.671 bits per heavy atom. The molecule has 12 aromatic carbocycles. The van der Waals surface area contributed by atoms with Crippen LogP contribution in [0.5, 0.6) is 0 Å². The fourth-order valence-corrected chi connectivity index (χ4v) is 24.4. The largest absolute Gasteiger partial charge is 0.494 e. The number of fused-ring (bicyclic) bond motifs is 16. The Morgan fingerprint density at radius 3 is 1.09 bits per heavy atom. The Kier molecular flexibility index (Phi) is 10.9. The molecule has 0 saturated carbocycles. The van der Waals surface area contributed by atoms with E-state index in [9.17, 15) is 0 Å². The van der Waals surface area contributed by atoms with Crippen LogP contribution in [0, 0.1) is 0 Å². The Morgan fingerprint density at radius 1 is 0.329 bits per heavy atom. The van der Waals surface area contributed by atoms with E-state index in [-0.39, 0.29) is 0 Å². The molecule has 0 amide bonds. The third-order valence-corrected chi connectivity index (χ3v) is 27.4. The monoisotopic (exact) mass is 1030 g/mol. The van der Waals surface area contributed by atoms with Gasteiger partial charge in [0.1, 0.15) is 0 Å². The second-order valence-electron chi connectivity index (χ2n) is 21.7. The highest BCUT2D eigenvalue weighted by atomic mass is 35.5. The molecular formula is C70H54BClO2Si2. The molecule has 0 unspecified atom stereocenters. The van der Waals surface area contributed by atoms with E-state index in [4.69, 9.17) is 20.9 Å². The normalized spacial score (nSPS) is 16.0. The van der Waals surface area contributed by atoms with Gasteiger partial charge in [0.25, 0.3) is 0 Å². The van der Waals surface area contributed by atoms with Gasteiger partial charge in [-0.1, -0.05) is 254 Å². The van der Waals surface area contributed by atoms with Crippen LogP contribution in [0.1, 0.15) is 27.7 Å². The molecule has 2 nitrogen and oxygen atoms in total. The summed E-state index contributed by atoms with van der Waals surface area (Å²) in [6, 6.07) is 94.2. The molecule has 0 atom stereocenters. The van der Waals surface area contributed by atoms with Crippen molar-refractivity contribution in [2.75, 3.05) is 0 Å². The average molecular weight is 1030 g/mol. The first-order chi connectivity index (χ1) is 37.1. The zero-order valence-electron chi connectivity index (χ0n) is 43.0. The van der Waals surface area contributed by atoms with E-state index in [0.717, 1.165) is 10.5 Å². The molecule has 76 heavy (non-hydrogen) atoms. The summed E-state index contributed by atoms with van der Waals surface area (Å²) in [6.07, 6.45) is 0. The van der Waals surface area contributed by atoms with Crippen molar-refractivity contribution in [3.05, 3.63) is 260 Å². The van der Waals surface area contributed by atoms with Crippen LogP contribution in [-0.4, -0.2) is 34.5 Å². The molecule has 0 aromatic heterocycles. The number of hydrogen-bond donors (Lipinski definition) is 0. The maximum absolute atomic E-state index is 6.58. The van der Waals surface area contributed by atoms with Gasteiger partial charge in [-0.2, -0.15) is 0 Å². The predicted molar refractivity (Wildman–Crippen MR) is 329 cm³/mol. The molecule has 3 aliphatic heterocycles. The highest BCUT2D eigenvalue weighted by Crippen LogP contribution is 2.42. The molecule has 15 rings (SSSR count). The van der Waals surface area contributed by atoms with Crippen LogP contribution in [0.15, 0.2) is 255 Å². The molecule has 1 fully saturated rings. The van der Waals surface area contributed by atoms with Gasteiger partial charge >= 0.3 is 7.12 Å². The van der Waals surface area contributed by atoms with Crippen molar-refractivity contribution in [1.29, 1.82) is 0 Å². The SMILES string of the molecule is CC1(C)OB(c2ccc3c4c(c5ccccc5c3c2)-c2ccccc2[Si]4(c2ccccc2)c2ccccc2)OC1(C)C.Clc1ccc2c3c(c4ccccc4c2c1)-c1ccccc1[Si]3(c1ccccc1)c1ccccc1. The van der Waals surface area contributed by atoms with Gasteiger partial charge in [-0.25, -0.2) is 0 Å². The molecule has 0 radical (unpaired) electrons. The molecule has 0 spiro atoms. The molecule has 364 valence electrons. The Balaban J connectivity index is 0.000000142. The Labute approximate surface area is 452 Å². The minimum absolute atomic E-state index is 0.392. The minimum atomic E-state index is -2.66. The topological polar surface area (TPSA) is 18.5 Å². The van der Waals surface area contributed by atoms with E-state index in [1.165, 1.54) is 107 Å². The van der Waals surface area contributed by atoms with Gasteiger partial charge in [0, 0.05) is 5.02 Å². The van der Waals surface area contributed by atoms with E-state index in [2.05, 4.69) is 282 Å². The summed E-state index contributed by atoms with van der Waals surface area (Å²) < 4.78 is 13.0. The van der Waals surface area contributed by atoms with E-state index in [1.54, 1.807) is 0 Å². The minimum Gasteiger partial charge on any atom is -0.399 e. The van der Waals surface area contributed by atoms with Gasteiger partial charge < -0.3 is 9.31 Å². The second-order valence-corrected chi connectivity index (χ2v) is 29.6. The summed E-state index contributed by atoms with van der Waals surface area (Å²) in [5.74, 6) is 0. The van der Waals surface area contributed by atoms with E-state index < -0.39 is 34.5 Å². The summed E-state index contributed by atoms with van der Waals surface area (Å²) in [5.41, 5.74) is 5.78. The lowest BCUT2D eigenvalue weighted by Gasteiger charge is -2.32. The van der Waals surface area contributed by atoms with E-state index >= 15 is 0 Å². The number of hydrogen-bond acceptors (Lipinski definition) is 2. The highest BCUT2D eigenvalue weighted by Gasteiger charge is 2.54. The molecule has 0 aliphatic carbocycles. The third kappa shape index (κ3) is 6.73. The first kappa shape index (κ1) is 46.9. The number of benzene rings is 12. The molecule has 3 heterocycles. The quantitative estimate of drug-likeness (QED) is 0.126. The zero-order valence-corrected chi connectivity index (χ0v) is 45.8. The third-order valence-electron chi connectivity index (χ3n) is 17.3. The molecule has 3 aliphatic rings. The Bertz CT molecular complexity index is 4160. The van der Waals surface area contributed by atoms with Crippen molar-refractivity contribution in [2.24, 2.45) is 0 Å². The van der Waals surface area contributed by atoms with E-state index in [0.29, 0.717) is 0 Å². The first-order valence-electron chi connectivity index (χ1n) is 26.5. The lowest BCUT2D eigenvalue weighted by atomic mass is 9.77. The fourth-order valence-electron chi connectivity index (χ4n) is 13.4. The standard InChI is InChI=1S/C38H33BO2Si.C32H21ClSi/c1-37(2)38(3,4)41-39(40-37)26-23-24-31-33(25-26)29-19-11-12-20-30(29)35-32-21-13-14-22-34(32)42(36(31)35,27-15-7-5-8-16-27)28-17-9-6-10-18-28;33-22-19-20-27-29(21-22)25-15-7-8-16-26(25)31-28-17-9-10-18-30(28)34(32(27)31,23-11-3-1-4-12-23)24-13-5-2-6-14-24/h5-25H,1-4H3;1-21H. The van der Waals surface area contributed by atoms with Gasteiger partial charge in [-0.05, 0) is 152 Å². The van der Waals surface area contributed by atoms with Crippen LogP contribution in [-0.2, 0) is 9.31 Å². The van der Waals surface area contributed by atoms with Crippen molar-refractivity contribution in [1.82, 2.24) is 0 Å². The van der Waals surface area contributed by atoms with Crippen LogP contribution in [0.25, 0.3) is 65.3 Å². The maximum Gasteiger partial charge on any atom is 0.494 e. The number of rotatable bonds is 5. The van der Waals surface area contributed by atoms with Crippen LogP contribution < -0.4 is 47.0 Å². The molecule has 0 N–H and O–H groups in total. The van der Waals surface area contributed by atoms with Crippen LogP contribution >= 0.6 is 11.6 Å². The van der Waals surface area contributed by atoms with Crippen molar-refractivity contribution < 1.29 is 9.31 Å². The molecular weight excluding hydrogens is 975 g/mol. The summed E-state index contributed by atoms with van der Waals surface area (Å²) in [5, 5.41) is 22.6. The average Bonchev–Trinajstić information content (AvgIpc) is 4.13. The van der Waals surface area contributed by atoms with Gasteiger partial charge in [0.15, 0.2) is 16.1 Å². The lowest BCUT2D eigenvalue weighted by molar-refractivity contribution is 0.00578. The fraction of sp³-hybridized carbons (Fsp3) is 0.0857. The molecule has 0 bridgehead atoms. The lowest BCUT2D eigenvalue weighted by Crippen LogP contribution is -2.73. The Hall–Kier alpha value is -7.61. The molecule has 12 aromatic rings. The first-order valence-corrected chi connectivity index (χ1v) is 30.9. The van der Waals surface area contributed by atoms with Crippen molar-refractivity contribution in [2.45, 2.75) is 38.9 Å². The van der Waals surface area contributed by atoms with Crippen molar-refractivity contribution in [3.8, 4) is 22.3 Å². The second kappa shape index (κ2) is 17.7. The zero-order chi connectivity index (χ0) is 51.4. The maximum atomic E-state index is 6.58. The van der Waals surface area contributed by atoms with E-state index in [1.807, 2.05) is 0 Å². The summed E-state index contributed by atoms with van der Waals surface area (Å²) in [6.45, 7) is 8.47. The van der Waals surface area contributed by atoms with Crippen LogP contribution in [0.2, 0.25) is 5.02 Å². The number of halogens is 1. The van der Waals surface area contributed by atoms with Gasteiger partial charge in [-0.3, -0.25) is 0 Å². The summed E-state index contributed by atoms with van der Waals surface area (Å²) in [4.78, 5) is 0. The smallest absolute Gasteiger partial charge is 0.399 e. The van der Waals surface area contributed by atoms with Gasteiger partial charge in [0.2, 0.25) is 0 Å². The summed E-state index contributed by atoms with van der Waals surface area (Å²) >= 11 is 6.58. The van der Waals surface area contributed by atoms with Crippen LogP contribution in [0.4, 0.5) is 0 Å². The van der Waals surface area contributed by atoms with Crippen molar-refractivity contribution in [3.63, 3.8) is 0 Å². The highest BCUT2D eigenvalue weighted by molar-refractivity contribution is 7.24. The van der Waals surface area contributed by atoms with Gasteiger partial charge in [0.05, 0.1) is 11.2 Å². The van der Waals surface area contributed by atoms with Gasteiger partial charge in [-0.15, -0.1) is 0 Å². The van der Waals surface area contributed by atoms with Crippen molar-refractivity contribution >= 4 is 125 Å². The van der Waals surface area contributed by atoms with Crippen LogP contribution in [0.3, 0.4) is 0 Å². The summed E-state index contributed by atoms with van der Waals surface area (Å²) in [7, 11) is -5.64. The molecule has 1 saturated heterocycles. The predicted octanol–water partition coefficient (Wildman–Crippen LogP) is 11.7.